The quantitative estimate of drug-likeness (QED) is 0.837. The number of aryl methyl sites for hydroxylation is 1. The molecule has 1 aromatic rings. The van der Waals surface area contributed by atoms with E-state index in [1.807, 2.05) is 6.92 Å². The van der Waals surface area contributed by atoms with Crippen molar-refractivity contribution in [3.05, 3.63) is 29.3 Å². The Kier molecular flexibility index (Phi) is 4.25. The van der Waals surface area contributed by atoms with Gasteiger partial charge in [-0.15, -0.1) is 0 Å². The summed E-state index contributed by atoms with van der Waals surface area (Å²) in [6, 6.07) is 6.66. The minimum Gasteiger partial charge on any atom is -0.488 e. The molecule has 0 saturated heterocycles. The molecule has 3 heteroatoms. The molecular weight excluding hydrogens is 226 g/mol. The molecule has 0 spiro atoms. The topological polar surface area (TPSA) is 41.5 Å². The van der Waals surface area contributed by atoms with Crippen LogP contribution in [0.5, 0.6) is 5.75 Å². The molecule has 0 aromatic heterocycles. The van der Waals surface area contributed by atoms with E-state index < -0.39 is 0 Å². The van der Waals surface area contributed by atoms with Crippen molar-refractivity contribution in [3.63, 3.8) is 0 Å². The molecule has 1 aliphatic heterocycles. The van der Waals surface area contributed by atoms with Crippen LogP contribution in [0.2, 0.25) is 0 Å². The van der Waals surface area contributed by atoms with E-state index >= 15 is 0 Å². The van der Waals surface area contributed by atoms with Gasteiger partial charge in [0.15, 0.2) is 0 Å². The van der Waals surface area contributed by atoms with Crippen molar-refractivity contribution in [1.29, 1.82) is 0 Å². The van der Waals surface area contributed by atoms with E-state index in [2.05, 4.69) is 37.4 Å². The molecule has 3 atom stereocenters. The lowest BCUT2D eigenvalue weighted by atomic mass is 10.0. The Balaban J connectivity index is 1.85. The summed E-state index contributed by atoms with van der Waals surface area (Å²) >= 11 is 0. The summed E-state index contributed by atoms with van der Waals surface area (Å²) in [6.45, 7) is 7.31. The van der Waals surface area contributed by atoms with E-state index in [9.17, 15) is 0 Å². The smallest absolute Gasteiger partial charge is 0.123 e. The maximum Gasteiger partial charge on any atom is 0.123 e. The van der Waals surface area contributed by atoms with Crippen molar-refractivity contribution in [1.82, 2.24) is 5.32 Å². The minimum atomic E-state index is 0.218. The molecule has 0 bridgehead atoms. The molecule has 0 radical (unpaired) electrons. The van der Waals surface area contributed by atoms with Crippen LogP contribution in [0.25, 0.3) is 0 Å². The second-order valence-corrected chi connectivity index (χ2v) is 5.41. The van der Waals surface area contributed by atoms with Crippen LogP contribution in [0, 0.1) is 12.8 Å². The molecule has 0 fully saturated rings. The average Bonchev–Trinajstić information content (AvgIpc) is 2.76. The maximum atomic E-state index is 9.10. The Morgan fingerprint density at radius 1 is 1.44 bits per heavy atom. The van der Waals surface area contributed by atoms with E-state index in [0.717, 1.165) is 18.7 Å². The van der Waals surface area contributed by atoms with Crippen LogP contribution < -0.4 is 10.1 Å². The van der Waals surface area contributed by atoms with Crippen molar-refractivity contribution in [2.75, 3.05) is 13.2 Å². The number of aliphatic hydroxyl groups excluding tert-OH is 1. The van der Waals surface area contributed by atoms with Crippen LogP contribution in [0.1, 0.15) is 25.0 Å². The number of rotatable bonds is 5. The highest BCUT2D eigenvalue weighted by atomic mass is 16.5. The summed E-state index contributed by atoms with van der Waals surface area (Å²) in [5.41, 5.74) is 2.60. The number of benzene rings is 1. The van der Waals surface area contributed by atoms with Gasteiger partial charge in [-0.1, -0.05) is 24.6 Å². The normalized spacial score (nSPS) is 21.2. The van der Waals surface area contributed by atoms with Gasteiger partial charge >= 0.3 is 0 Å². The first-order chi connectivity index (χ1) is 8.60. The van der Waals surface area contributed by atoms with E-state index in [1.165, 1.54) is 11.1 Å². The van der Waals surface area contributed by atoms with Gasteiger partial charge in [0, 0.05) is 25.6 Å². The molecule has 0 saturated carbocycles. The Morgan fingerprint density at radius 2 is 2.22 bits per heavy atom. The molecule has 0 aliphatic carbocycles. The number of fused-ring (bicyclic) bond motifs is 1. The summed E-state index contributed by atoms with van der Waals surface area (Å²) in [6.07, 6.45) is 1.19. The van der Waals surface area contributed by atoms with Gasteiger partial charge in [-0.05, 0) is 31.4 Å². The van der Waals surface area contributed by atoms with Crippen molar-refractivity contribution in [2.45, 2.75) is 39.3 Å². The van der Waals surface area contributed by atoms with Crippen molar-refractivity contribution in [3.8, 4) is 5.75 Å². The van der Waals surface area contributed by atoms with E-state index in [1.54, 1.807) is 0 Å². The van der Waals surface area contributed by atoms with Gasteiger partial charge < -0.3 is 15.2 Å². The lowest BCUT2D eigenvalue weighted by molar-refractivity contribution is 0.184. The SMILES string of the molecule is Cc1ccc2c(c1)CC(CNC(C)C(C)CO)O2. The summed E-state index contributed by atoms with van der Waals surface area (Å²) < 4.78 is 5.90. The molecule has 2 N–H and O–H groups in total. The van der Waals surface area contributed by atoms with Crippen molar-refractivity contribution >= 4 is 0 Å². The summed E-state index contributed by atoms with van der Waals surface area (Å²) in [5.74, 6) is 1.30. The van der Waals surface area contributed by atoms with E-state index in [4.69, 9.17) is 9.84 Å². The Hall–Kier alpha value is -1.06. The molecule has 0 amide bonds. The molecule has 1 heterocycles. The van der Waals surface area contributed by atoms with Crippen molar-refractivity contribution in [2.24, 2.45) is 5.92 Å². The van der Waals surface area contributed by atoms with Crippen LogP contribution in [0.3, 0.4) is 0 Å². The standard InChI is InChI=1S/C15H23NO2/c1-10-4-5-15-13(6-10)7-14(18-15)8-16-12(3)11(2)9-17/h4-6,11-12,14,16-17H,7-9H2,1-3H3. The molecule has 2 rings (SSSR count). The Bertz CT molecular complexity index is 405. The second kappa shape index (κ2) is 5.72. The second-order valence-electron chi connectivity index (χ2n) is 5.41. The third-order valence-corrected chi connectivity index (χ3v) is 3.77. The predicted molar refractivity (Wildman–Crippen MR) is 73.0 cm³/mol. The largest absolute Gasteiger partial charge is 0.488 e. The first kappa shape index (κ1) is 13.4. The number of aliphatic hydroxyl groups is 1. The van der Waals surface area contributed by atoms with Gasteiger partial charge in [0.2, 0.25) is 0 Å². The molecule has 18 heavy (non-hydrogen) atoms. The van der Waals surface area contributed by atoms with Crippen LogP contribution in [0.4, 0.5) is 0 Å². The number of ether oxygens (including phenoxy) is 1. The van der Waals surface area contributed by atoms with Gasteiger partial charge in [0.25, 0.3) is 0 Å². The maximum absolute atomic E-state index is 9.10. The van der Waals surface area contributed by atoms with Gasteiger partial charge in [0.1, 0.15) is 11.9 Å². The zero-order chi connectivity index (χ0) is 13.1. The number of hydrogen-bond acceptors (Lipinski definition) is 3. The summed E-state index contributed by atoms with van der Waals surface area (Å²) in [5, 5.41) is 12.5. The van der Waals surface area contributed by atoms with Gasteiger partial charge in [0.05, 0.1) is 0 Å². The first-order valence-corrected chi connectivity index (χ1v) is 6.70. The van der Waals surface area contributed by atoms with E-state index in [-0.39, 0.29) is 18.6 Å². The van der Waals surface area contributed by atoms with Crippen LogP contribution in [0.15, 0.2) is 18.2 Å². The van der Waals surface area contributed by atoms with Gasteiger partial charge in [-0.2, -0.15) is 0 Å². The third-order valence-electron chi connectivity index (χ3n) is 3.77. The highest BCUT2D eigenvalue weighted by molar-refractivity contribution is 5.40. The first-order valence-electron chi connectivity index (χ1n) is 6.70. The Labute approximate surface area is 109 Å². The fourth-order valence-electron chi connectivity index (χ4n) is 2.24. The minimum absolute atomic E-state index is 0.218. The zero-order valence-corrected chi connectivity index (χ0v) is 11.4. The predicted octanol–water partition coefficient (Wildman–Crippen LogP) is 1.91. The molecular formula is C15H23NO2. The van der Waals surface area contributed by atoms with Crippen LogP contribution in [-0.4, -0.2) is 30.4 Å². The fraction of sp³-hybridized carbons (Fsp3) is 0.600. The average molecular weight is 249 g/mol. The summed E-state index contributed by atoms with van der Waals surface area (Å²) in [4.78, 5) is 0. The highest BCUT2D eigenvalue weighted by Crippen LogP contribution is 2.29. The van der Waals surface area contributed by atoms with Gasteiger partial charge in [-0.25, -0.2) is 0 Å². The zero-order valence-electron chi connectivity index (χ0n) is 11.4. The molecule has 1 aliphatic rings. The lowest BCUT2D eigenvalue weighted by Gasteiger charge is -2.21. The highest BCUT2D eigenvalue weighted by Gasteiger charge is 2.23. The Morgan fingerprint density at radius 3 is 2.94 bits per heavy atom. The lowest BCUT2D eigenvalue weighted by Crippen LogP contribution is -2.40. The number of hydrogen-bond donors (Lipinski definition) is 2. The van der Waals surface area contributed by atoms with Crippen LogP contribution >= 0.6 is 0 Å². The molecule has 100 valence electrons. The van der Waals surface area contributed by atoms with Crippen LogP contribution in [-0.2, 0) is 6.42 Å². The fourth-order valence-corrected chi connectivity index (χ4v) is 2.24. The monoisotopic (exact) mass is 249 g/mol. The molecule has 3 nitrogen and oxygen atoms in total. The third kappa shape index (κ3) is 3.03. The van der Waals surface area contributed by atoms with Gasteiger partial charge in [-0.3, -0.25) is 0 Å². The molecule has 1 aromatic carbocycles. The summed E-state index contributed by atoms with van der Waals surface area (Å²) in [7, 11) is 0. The molecule has 3 unspecified atom stereocenters. The van der Waals surface area contributed by atoms with Crippen molar-refractivity contribution < 1.29 is 9.84 Å². The number of nitrogens with one attached hydrogen (secondary N) is 1. The van der Waals surface area contributed by atoms with E-state index in [0.29, 0.717) is 6.04 Å².